The third kappa shape index (κ3) is 5.07. The van der Waals surface area contributed by atoms with Gasteiger partial charge in [0.2, 0.25) is 0 Å². The molecule has 0 bridgehead atoms. The summed E-state index contributed by atoms with van der Waals surface area (Å²) in [6.45, 7) is 3.86. The molecule has 1 aliphatic heterocycles. The molecular formula is C22H38N4O5. The van der Waals surface area contributed by atoms with Crippen molar-refractivity contribution in [2.75, 3.05) is 13.7 Å². The molecule has 2 aliphatic carbocycles. The minimum absolute atomic E-state index is 0.0363. The van der Waals surface area contributed by atoms with Crippen molar-refractivity contribution >= 4 is 18.0 Å². The summed E-state index contributed by atoms with van der Waals surface area (Å²) in [6, 6.07) is -0.788. The minimum Gasteiger partial charge on any atom is -0.469 e. The van der Waals surface area contributed by atoms with Gasteiger partial charge in [-0.25, -0.2) is 9.59 Å². The van der Waals surface area contributed by atoms with E-state index >= 15 is 0 Å². The summed E-state index contributed by atoms with van der Waals surface area (Å²) in [4.78, 5) is 41.4. The molecule has 0 aromatic carbocycles. The highest BCUT2D eigenvalue weighted by Gasteiger charge is 2.57. The highest BCUT2D eigenvalue weighted by atomic mass is 16.5. The van der Waals surface area contributed by atoms with Crippen molar-refractivity contribution in [3.8, 4) is 0 Å². The number of rotatable bonds is 6. The Morgan fingerprint density at radius 1 is 1.10 bits per heavy atom. The summed E-state index contributed by atoms with van der Waals surface area (Å²) in [5.74, 6) is -0.396. The van der Waals surface area contributed by atoms with E-state index in [1.807, 2.05) is 13.8 Å². The lowest BCUT2D eigenvalue weighted by Crippen LogP contribution is -2.61. The zero-order chi connectivity index (χ0) is 22.6. The van der Waals surface area contributed by atoms with Crippen LogP contribution in [0.5, 0.6) is 0 Å². The van der Waals surface area contributed by atoms with Gasteiger partial charge in [0.15, 0.2) is 6.17 Å². The first-order valence-corrected chi connectivity index (χ1v) is 11.7. The Kier molecular flexibility index (Phi) is 7.67. The Balaban J connectivity index is 1.82. The van der Waals surface area contributed by atoms with Gasteiger partial charge in [0.25, 0.3) is 0 Å². The first-order chi connectivity index (χ1) is 14.8. The number of nitrogens with zero attached hydrogens (tertiary/aromatic N) is 3. The molecule has 3 fully saturated rings. The van der Waals surface area contributed by atoms with Crippen molar-refractivity contribution in [2.24, 2.45) is 0 Å². The van der Waals surface area contributed by atoms with Crippen molar-refractivity contribution in [1.29, 1.82) is 0 Å². The smallest absolute Gasteiger partial charge is 0.343 e. The van der Waals surface area contributed by atoms with Crippen molar-refractivity contribution in [3.05, 3.63) is 0 Å². The Morgan fingerprint density at radius 3 is 2.26 bits per heavy atom. The molecule has 3 aliphatic rings. The maximum Gasteiger partial charge on any atom is 0.343 e. The summed E-state index contributed by atoms with van der Waals surface area (Å²) in [7, 11) is 1.32. The van der Waals surface area contributed by atoms with Crippen molar-refractivity contribution in [2.45, 2.75) is 108 Å². The van der Waals surface area contributed by atoms with E-state index in [1.54, 1.807) is 9.80 Å². The van der Waals surface area contributed by atoms with Gasteiger partial charge < -0.3 is 15.0 Å². The maximum absolute atomic E-state index is 13.5. The molecule has 1 atom stereocenters. The van der Waals surface area contributed by atoms with Crippen LogP contribution in [0.2, 0.25) is 0 Å². The summed E-state index contributed by atoms with van der Waals surface area (Å²) in [6.07, 6.45) is 9.22. The number of esters is 1. The topological polar surface area (TPSA) is 102 Å². The van der Waals surface area contributed by atoms with E-state index in [4.69, 9.17) is 4.74 Å². The summed E-state index contributed by atoms with van der Waals surface area (Å²) in [5, 5.41) is 14.7. The van der Waals surface area contributed by atoms with Crippen LogP contribution >= 0.6 is 0 Å². The predicted octanol–water partition coefficient (Wildman–Crippen LogP) is 3.46. The average molecular weight is 439 g/mol. The van der Waals surface area contributed by atoms with E-state index in [0.29, 0.717) is 0 Å². The number of amides is 4. The van der Waals surface area contributed by atoms with Crippen LogP contribution in [0, 0.1) is 0 Å². The SMILES string of the molecule is COC(=O)CCN1C(=O)N(C2CCCCC2)C(N(O)C(=O)NC2CCCCC2)C1(C)C. The van der Waals surface area contributed by atoms with Gasteiger partial charge in [-0.05, 0) is 39.5 Å². The van der Waals surface area contributed by atoms with Crippen LogP contribution in [0.1, 0.15) is 84.5 Å². The van der Waals surface area contributed by atoms with Crippen molar-refractivity contribution < 1.29 is 24.3 Å². The molecule has 9 nitrogen and oxygen atoms in total. The van der Waals surface area contributed by atoms with E-state index in [9.17, 15) is 19.6 Å². The number of urea groups is 2. The molecule has 1 saturated heterocycles. The van der Waals surface area contributed by atoms with Crippen LogP contribution in [0.15, 0.2) is 0 Å². The Bertz CT molecular complexity index is 658. The van der Waals surface area contributed by atoms with Crippen LogP contribution in [0.4, 0.5) is 9.59 Å². The molecule has 1 heterocycles. The molecule has 0 aromatic heterocycles. The zero-order valence-corrected chi connectivity index (χ0v) is 19.1. The maximum atomic E-state index is 13.5. The number of nitrogens with one attached hydrogen (secondary N) is 1. The molecule has 0 spiro atoms. The Hall–Kier alpha value is -2.03. The molecule has 31 heavy (non-hydrogen) atoms. The van der Waals surface area contributed by atoms with Gasteiger partial charge in [-0.2, -0.15) is 5.06 Å². The van der Waals surface area contributed by atoms with E-state index in [-0.39, 0.29) is 31.1 Å². The number of hydroxylamine groups is 2. The van der Waals surface area contributed by atoms with Crippen LogP contribution in [-0.4, -0.2) is 75.5 Å². The van der Waals surface area contributed by atoms with E-state index in [2.05, 4.69) is 5.32 Å². The summed E-state index contributed by atoms with van der Waals surface area (Å²) in [5.41, 5.74) is -0.874. The van der Waals surface area contributed by atoms with Gasteiger partial charge in [0.1, 0.15) is 0 Å². The van der Waals surface area contributed by atoms with E-state index in [1.165, 1.54) is 13.5 Å². The number of hydrogen-bond acceptors (Lipinski definition) is 5. The lowest BCUT2D eigenvalue weighted by Gasteiger charge is -2.41. The van der Waals surface area contributed by atoms with Crippen LogP contribution in [0.25, 0.3) is 0 Å². The average Bonchev–Trinajstić information content (AvgIpc) is 2.97. The van der Waals surface area contributed by atoms with Gasteiger partial charge in [-0.1, -0.05) is 38.5 Å². The minimum atomic E-state index is -0.874. The van der Waals surface area contributed by atoms with Crippen LogP contribution in [-0.2, 0) is 9.53 Å². The van der Waals surface area contributed by atoms with Crippen LogP contribution < -0.4 is 5.32 Å². The quantitative estimate of drug-likeness (QED) is 0.376. The van der Waals surface area contributed by atoms with E-state index in [0.717, 1.165) is 62.9 Å². The number of carbonyl (C=O) groups is 3. The third-order valence-corrected chi connectivity index (χ3v) is 7.15. The third-order valence-electron chi connectivity index (χ3n) is 7.15. The largest absolute Gasteiger partial charge is 0.469 e. The number of hydrogen-bond donors (Lipinski definition) is 2. The lowest BCUT2D eigenvalue weighted by atomic mass is 9.92. The standard InChI is InChI=1S/C22H38N4O5/c1-22(2)19(26(30)20(28)23-16-10-6-4-7-11-16)25(17-12-8-5-9-13-17)21(29)24(22)15-14-18(27)31-3/h16-17,19,30H,4-15H2,1-3H3,(H,23,28). The highest BCUT2D eigenvalue weighted by molar-refractivity contribution is 5.82. The number of carbonyl (C=O) groups excluding carboxylic acids is 3. The fourth-order valence-electron chi connectivity index (χ4n) is 5.39. The first kappa shape index (κ1) is 23.6. The molecule has 1 unspecified atom stereocenters. The first-order valence-electron chi connectivity index (χ1n) is 11.7. The molecule has 2 saturated carbocycles. The fraction of sp³-hybridized carbons (Fsp3) is 0.864. The van der Waals surface area contributed by atoms with Gasteiger partial charge in [0, 0.05) is 18.6 Å². The van der Waals surface area contributed by atoms with Gasteiger partial charge in [-0.15, -0.1) is 0 Å². The highest BCUT2D eigenvalue weighted by Crippen LogP contribution is 2.39. The molecule has 3 rings (SSSR count). The predicted molar refractivity (Wildman–Crippen MR) is 114 cm³/mol. The second-order valence-corrected chi connectivity index (χ2v) is 9.62. The molecule has 0 aromatic rings. The van der Waals surface area contributed by atoms with Crippen molar-refractivity contribution in [1.82, 2.24) is 20.2 Å². The van der Waals surface area contributed by atoms with E-state index < -0.39 is 23.7 Å². The fourth-order valence-corrected chi connectivity index (χ4v) is 5.39. The Labute approximate surface area is 185 Å². The van der Waals surface area contributed by atoms with Crippen molar-refractivity contribution in [3.63, 3.8) is 0 Å². The second-order valence-electron chi connectivity index (χ2n) is 9.62. The van der Waals surface area contributed by atoms with Crippen LogP contribution in [0.3, 0.4) is 0 Å². The van der Waals surface area contributed by atoms with Gasteiger partial charge in [0.05, 0.1) is 19.1 Å². The van der Waals surface area contributed by atoms with Gasteiger partial charge >= 0.3 is 18.0 Å². The monoisotopic (exact) mass is 438 g/mol. The summed E-state index contributed by atoms with van der Waals surface area (Å²) < 4.78 is 4.74. The molecule has 4 amide bonds. The summed E-state index contributed by atoms with van der Waals surface area (Å²) >= 11 is 0. The molecule has 176 valence electrons. The normalized spacial score (nSPS) is 24.9. The number of methoxy groups -OCH3 is 1. The molecular weight excluding hydrogens is 400 g/mol. The Morgan fingerprint density at radius 2 is 1.68 bits per heavy atom. The molecule has 9 heteroatoms. The van der Waals surface area contributed by atoms with Gasteiger partial charge in [-0.3, -0.25) is 14.9 Å². The lowest BCUT2D eigenvalue weighted by molar-refractivity contribution is -0.144. The molecule has 2 N–H and O–H groups in total. The molecule has 0 radical (unpaired) electrons. The number of ether oxygens (including phenoxy) is 1. The zero-order valence-electron chi connectivity index (χ0n) is 19.1. The second kappa shape index (κ2) is 10.1.